The highest BCUT2D eigenvalue weighted by Gasteiger charge is 2.03. The molecule has 0 aliphatic carbocycles. The first-order valence-corrected chi connectivity index (χ1v) is 8.08. The summed E-state index contributed by atoms with van der Waals surface area (Å²) in [6.07, 6.45) is 0. The van der Waals surface area contributed by atoms with Crippen LogP contribution in [0.25, 0.3) is 0 Å². The lowest BCUT2D eigenvalue weighted by Crippen LogP contribution is -2.10. The van der Waals surface area contributed by atoms with Gasteiger partial charge in [-0.25, -0.2) is 0 Å². The monoisotopic (exact) mass is 309 g/mol. The summed E-state index contributed by atoms with van der Waals surface area (Å²) in [6, 6.07) is 14.6. The van der Waals surface area contributed by atoms with E-state index in [1.807, 2.05) is 24.3 Å². The van der Waals surface area contributed by atoms with Crippen molar-refractivity contribution in [2.75, 3.05) is 18.1 Å². The Hall–Kier alpha value is -1.52. The summed E-state index contributed by atoms with van der Waals surface area (Å²) in [5.74, 6) is 1.70. The van der Waals surface area contributed by atoms with Crippen LogP contribution in [0.5, 0.6) is 5.75 Å². The van der Waals surface area contributed by atoms with Crippen LogP contribution in [0, 0.1) is 0 Å². The van der Waals surface area contributed by atoms with Gasteiger partial charge in [-0.2, -0.15) is 0 Å². The third-order valence-corrected chi connectivity index (χ3v) is 4.21. The molecule has 0 aromatic heterocycles. The molecule has 3 nitrogen and oxygen atoms in total. The molecule has 5 heteroatoms. The second-order valence-corrected chi connectivity index (χ2v) is 6.35. The Morgan fingerprint density at radius 3 is 2.60 bits per heavy atom. The number of halogens is 1. The highest BCUT2D eigenvalue weighted by atomic mass is 35.5. The maximum absolute atomic E-state index is 11.9. The average molecular weight is 310 g/mol. The Bertz CT molecular complexity index is 587. The van der Waals surface area contributed by atoms with Gasteiger partial charge in [0.25, 0.3) is 0 Å². The Balaban J connectivity index is 1.76. The number of nitrogens with two attached hydrogens (primary N) is 1. The quantitative estimate of drug-likeness (QED) is 0.833. The number of hydrogen-bond donors (Lipinski definition) is 1. The molecule has 20 heavy (non-hydrogen) atoms. The van der Waals surface area contributed by atoms with Crippen LogP contribution < -0.4 is 10.5 Å². The SMILES string of the molecule is Nc1cccc(OCCS(=O)Cc2ccc(Cl)cc2)c1. The maximum atomic E-state index is 11.9. The fourth-order valence-corrected chi connectivity index (χ4v) is 2.80. The predicted molar refractivity (Wildman–Crippen MR) is 84.5 cm³/mol. The second kappa shape index (κ2) is 7.31. The molecule has 0 heterocycles. The fraction of sp³-hybridized carbons (Fsp3) is 0.200. The minimum atomic E-state index is -0.956. The third kappa shape index (κ3) is 4.87. The van der Waals surface area contributed by atoms with Gasteiger partial charge in [0.2, 0.25) is 0 Å². The topological polar surface area (TPSA) is 52.3 Å². The molecule has 1 unspecified atom stereocenters. The van der Waals surface area contributed by atoms with Crippen molar-refractivity contribution >= 4 is 28.1 Å². The summed E-state index contributed by atoms with van der Waals surface area (Å²) in [6.45, 7) is 0.406. The number of hydrogen-bond acceptors (Lipinski definition) is 3. The molecule has 0 amide bonds. The van der Waals surface area contributed by atoms with Gasteiger partial charge in [0, 0.05) is 33.3 Å². The van der Waals surface area contributed by atoms with E-state index in [1.54, 1.807) is 24.3 Å². The zero-order valence-electron chi connectivity index (χ0n) is 10.9. The van der Waals surface area contributed by atoms with E-state index in [-0.39, 0.29) is 0 Å². The number of ether oxygens (including phenoxy) is 1. The van der Waals surface area contributed by atoms with Crippen molar-refractivity contribution < 1.29 is 8.95 Å². The lowest BCUT2D eigenvalue weighted by Gasteiger charge is -2.07. The molecule has 0 saturated heterocycles. The highest BCUT2D eigenvalue weighted by Crippen LogP contribution is 2.14. The van der Waals surface area contributed by atoms with Crippen molar-refractivity contribution in [2.24, 2.45) is 0 Å². The van der Waals surface area contributed by atoms with Crippen molar-refractivity contribution in [1.29, 1.82) is 0 Å². The molecular formula is C15H16ClNO2S. The van der Waals surface area contributed by atoms with Crippen LogP contribution >= 0.6 is 11.6 Å². The van der Waals surface area contributed by atoms with E-state index in [2.05, 4.69) is 0 Å². The molecule has 1 atom stereocenters. The van der Waals surface area contributed by atoms with E-state index < -0.39 is 10.8 Å². The van der Waals surface area contributed by atoms with Crippen LogP contribution in [0.2, 0.25) is 5.02 Å². The molecule has 0 aliphatic heterocycles. The standard InChI is InChI=1S/C15H16ClNO2S/c16-13-6-4-12(5-7-13)11-20(18)9-8-19-15-3-1-2-14(17)10-15/h1-7,10H,8-9,11,17H2. The van der Waals surface area contributed by atoms with Crippen molar-refractivity contribution in [3.8, 4) is 5.75 Å². The van der Waals surface area contributed by atoms with Gasteiger partial charge >= 0.3 is 0 Å². The van der Waals surface area contributed by atoms with Gasteiger partial charge in [-0.3, -0.25) is 4.21 Å². The molecule has 0 spiro atoms. The van der Waals surface area contributed by atoms with Gasteiger partial charge in [-0.1, -0.05) is 29.8 Å². The van der Waals surface area contributed by atoms with E-state index in [0.717, 1.165) is 5.56 Å². The highest BCUT2D eigenvalue weighted by molar-refractivity contribution is 7.84. The number of rotatable bonds is 6. The summed E-state index contributed by atoms with van der Waals surface area (Å²) in [4.78, 5) is 0. The average Bonchev–Trinajstić information content (AvgIpc) is 2.41. The van der Waals surface area contributed by atoms with Gasteiger partial charge in [0.05, 0.1) is 12.4 Å². The predicted octanol–water partition coefficient (Wildman–Crippen LogP) is 3.25. The first-order chi connectivity index (χ1) is 9.63. The molecule has 0 radical (unpaired) electrons. The smallest absolute Gasteiger partial charge is 0.121 e. The zero-order valence-corrected chi connectivity index (χ0v) is 12.5. The Labute approximate surface area is 126 Å². The summed E-state index contributed by atoms with van der Waals surface area (Å²) in [7, 11) is -0.956. The van der Waals surface area contributed by atoms with E-state index in [0.29, 0.717) is 34.6 Å². The minimum Gasteiger partial charge on any atom is -0.493 e. The van der Waals surface area contributed by atoms with Gasteiger partial charge in [0.15, 0.2) is 0 Å². The zero-order chi connectivity index (χ0) is 14.4. The van der Waals surface area contributed by atoms with Crippen LogP contribution in [-0.4, -0.2) is 16.6 Å². The first kappa shape index (κ1) is 14.9. The maximum Gasteiger partial charge on any atom is 0.121 e. The van der Waals surface area contributed by atoms with Crippen molar-refractivity contribution in [1.82, 2.24) is 0 Å². The third-order valence-electron chi connectivity index (χ3n) is 2.68. The Morgan fingerprint density at radius 1 is 1.15 bits per heavy atom. The number of benzene rings is 2. The summed E-state index contributed by atoms with van der Waals surface area (Å²) >= 11 is 5.81. The van der Waals surface area contributed by atoms with Gasteiger partial charge in [-0.05, 0) is 29.8 Å². The Morgan fingerprint density at radius 2 is 1.90 bits per heavy atom. The summed E-state index contributed by atoms with van der Waals surface area (Å²) in [5, 5.41) is 0.685. The molecule has 0 aliphatic rings. The Kier molecular flexibility index (Phi) is 5.44. The molecule has 2 N–H and O–H groups in total. The molecular weight excluding hydrogens is 294 g/mol. The molecule has 0 saturated carbocycles. The van der Waals surface area contributed by atoms with Crippen LogP contribution in [0.4, 0.5) is 5.69 Å². The van der Waals surface area contributed by atoms with Crippen LogP contribution in [0.3, 0.4) is 0 Å². The van der Waals surface area contributed by atoms with E-state index in [9.17, 15) is 4.21 Å². The first-order valence-electron chi connectivity index (χ1n) is 6.21. The van der Waals surface area contributed by atoms with Crippen LogP contribution in [0.1, 0.15) is 5.56 Å². The normalized spacial score (nSPS) is 12.1. The molecule has 0 fully saturated rings. The van der Waals surface area contributed by atoms with E-state index in [1.165, 1.54) is 0 Å². The van der Waals surface area contributed by atoms with Crippen molar-refractivity contribution in [2.45, 2.75) is 5.75 Å². The lowest BCUT2D eigenvalue weighted by molar-refractivity contribution is 0.343. The summed E-state index contributed by atoms with van der Waals surface area (Å²) in [5.41, 5.74) is 7.32. The summed E-state index contributed by atoms with van der Waals surface area (Å²) < 4.78 is 17.4. The van der Waals surface area contributed by atoms with Crippen molar-refractivity contribution in [3.05, 3.63) is 59.1 Å². The molecule has 2 aromatic carbocycles. The molecule has 2 rings (SSSR count). The van der Waals surface area contributed by atoms with E-state index in [4.69, 9.17) is 22.1 Å². The fourth-order valence-electron chi connectivity index (χ4n) is 1.70. The largest absolute Gasteiger partial charge is 0.493 e. The van der Waals surface area contributed by atoms with E-state index >= 15 is 0 Å². The van der Waals surface area contributed by atoms with Gasteiger partial charge < -0.3 is 10.5 Å². The van der Waals surface area contributed by atoms with Crippen LogP contribution in [-0.2, 0) is 16.6 Å². The van der Waals surface area contributed by atoms with Crippen LogP contribution in [0.15, 0.2) is 48.5 Å². The molecule has 0 bridgehead atoms. The molecule has 106 valence electrons. The number of anilines is 1. The second-order valence-electron chi connectivity index (χ2n) is 4.34. The van der Waals surface area contributed by atoms with Gasteiger partial charge in [-0.15, -0.1) is 0 Å². The minimum absolute atomic E-state index is 0.406. The van der Waals surface area contributed by atoms with Crippen molar-refractivity contribution in [3.63, 3.8) is 0 Å². The number of nitrogen functional groups attached to an aromatic ring is 1. The molecule has 2 aromatic rings. The van der Waals surface area contributed by atoms with Gasteiger partial charge in [0.1, 0.15) is 5.75 Å². The lowest BCUT2D eigenvalue weighted by atomic mass is 10.2.